The fourth-order valence-electron chi connectivity index (χ4n) is 9.08. The summed E-state index contributed by atoms with van der Waals surface area (Å²) < 4.78 is 5.97. The molecule has 0 bridgehead atoms. The third-order valence-electron chi connectivity index (χ3n) is 13.6. The summed E-state index contributed by atoms with van der Waals surface area (Å²) in [6.45, 7) is 6.46. The smallest absolute Gasteiger partial charge is 0.306 e. The summed E-state index contributed by atoms with van der Waals surface area (Å²) in [7, 11) is 0. The minimum atomic E-state index is -0.791. The maximum atomic E-state index is 13.3. The third-order valence-corrected chi connectivity index (χ3v) is 13.6. The molecular weight excluding hydrogens is 839 g/mol. The second-order valence-corrected chi connectivity index (χ2v) is 20.4. The van der Waals surface area contributed by atoms with Crippen LogP contribution in [0.25, 0.3) is 0 Å². The first-order chi connectivity index (χ1) is 33.5. The Balaban J connectivity index is 4.56. The normalized spacial score (nSPS) is 13.4. The van der Waals surface area contributed by atoms with Crippen molar-refractivity contribution in [3.05, 3.63) is 48.6 Å². The van der Waals surface area contributed by atoms with Gasteiger partial charge in [0.05, 0.1) is 25.2 Å². The summed E-state index contributed by atoms with van der Waals surface area (Å²) >= 11 is 0. The lowest BCUT2D eigenvalue weighted by Crippen LogP contribution is -2.46. The van der Waals surface area contributed by atoms with Crippen LogP contribution in [-0.2, 0) is 14.3 Å². The van der Waals surface area contributed by atoms with Crippen LogP contribution in [0.15, 0.2) is 48.6 Å². The quantitative estimate of drug-likeness (QED) is 0.0321. The zero-order chi connectivity index (χ0) is 49.5. The summed E-state index contributed by atoms with van der Waals surface area (Å²) in [6.07, 6.45) is 68.9. The molecule has 0 aliphatic carbocycles. The van der Waals surface area contributed by atoms with E-state index in [1.807, 2.05) is 0 Å². The molecule has 0 spiro atoms. The molecular formula is C62H115NO5. The maximum Gasteiger partial charge on any atom is 0.306 e. The number of hydrogen-bond acceptors (Lipinski definition) is 5. The number of esters is 1. The van der Waals surface area contributed by atoms with Gasteiger partial charge < -0.3 is 20.3 Å². The van der Waals surface area contributed by atoms with Gasteiger partial charge in [-0.2, -0.15) is 0 Å². The highest BCUT2D eigenvalue weighted by atomic mass is 16.5. The van der Waals surface area contributed by atoms with E-state index < -0.39 is 18.2 Å². The Bertz CT molecular complexity index is 1160. The molecule has 0 fully saturated rings. The number of aliphatic hydroxyl groups is 2. The second-order valence-electron chi connectivity index (χ2n) is 20.4. The zero-order valence-electron chi connectivity index (χ0n) is 45.5. The highest BCUT2D eigenvalue weighted by Crippen LogP contribution is 2.18. The van der Waals surface area contributed by atoms with Gasteiger partial charge in [0.15, 0.2) is 0 Å². The Morgan fingerprint density at radius 2 is 0.750 bits per heavy atom. The average Bonchev–Trinajstić information content (AvgIpc) is 3.33. The van der Waals surface area contributed by atoms with Crippen LogP contribution in [0.4, 0.5) is 0 Å². The number of aliphatic hydroxyl groups excluding tert-OH is 2. The minimum Gasteiger partial charge on any atom is -0.462 e. The molecule has 0 saturated heterocycles. The van der Waals surface area contributed by atoms with Crippen LogP contribution in [-0.4, -0.2) is 46.9 Å². The van der Waals surface area contributed by atoms with Crippen molar-refractivity contribution in [2.75, 3.05) is 6.61 Å². The fraction of sp³-hybridized carbons (Fsp3) is 0.839. The SMILES string of the molecule is CCCCC/C=C\C/C=C\CCCCCCCCCCCC(=O)OC(CCCCCCCCC/C=C\C/C=C\CCCCC)CC(=O)NC(CO)C(O)CCCCCCCCCCCCCCC. The van der Waals surface area contributed by atoms with E-state index in [1.165, 1.54) is 186 Å². The molecule has 3 atom stereocenters. The lowest BCUT2D eigenvalue weighted by Gasteiger charge is -2.24. The maximum absolute atomic E-state index is 13.3. The van der Waals surface area contributed by atoms with E-state index in [-0.39, 0.29) is 24.9 Å². The van der Waals surface area contributed by atoms with E-state index in [1.54, 1.807) is 0 Å². The molecule has 3 N–H and O–H groups in total. The number of nitrogens with one attached hydrogen (secondary N) is 1. The number of unbranched alkanes of at least 4 members (excludes halogenated alkanes) is 34. The number of carbonyl (C=O) groups is 2. The highest BCUT2D eigenvalue weighted by Gasteiger charge is 2.24. The Morgan fingerprint density at radius 3 is 1.15 bits per heavy atom. The third kappa shape index (κ3) is 50.2. The van der Waals surface area contributed by atoms with Crippen LogP contribution < -0.4 is 5.32 Å². The topological polar surface area (TPSA) is 95.9 Å². The van der Waals surface area contributed by atoms with Crippen LogP contribution in [0, 0.1) is 0 Å². The molecule has 3 unspecified atom stereocenters. The Kier molecular flexibility index (Phi) is 54.0. The van der Waals surface area contributed by atoms with Gasteiger partial charge in [0.25, 0.3) is 0 Å². The van der Waals surface area contributed by atoms with Crippen LogP contribution in [0.1, 0.15) is 310 Å². The van der Waals surface area contributed by atoms with Gasteiger partial charge in [-0.1, -0.05) is 256 Å². The van der Waals surface area contributed by atoms with Crippen molar-refractivity contribution < 1.29 is 24.5 Å². The molecule has 0 aliphatic heterocycles. The van der Waals surface area contributed by atoms with Crippen molar-refractivity contribution in [1.82, 2.24) is 5.32 Å². The number of amides is 1. The number of allylic oxidation sites excluding steroid dienone is 8. The molecule has 1 amide bonds. The van der Waals surface area contributed by atoms with Gasteiger partial charge in [0, 0.05) is 6.42 Å². The fourth-order valence-corrected chi connectivity index (χ4v) is 9.08. The monoisotopic (exact) mass is 954 g/mol. The molecule has 0 aliphatic rings. The van der Waals surface area contributed by atoms with Crippen LogP contribution in [0.2, 0.25) is 0 Å². The lowest BCUT2D eigenvalue weighted by atomic mass is 10.0. The van der Waals surface area contributed by atoms with Crippen molar-refractivity contribution >= 4 is 11.9 Å². The molecule has 0 radical (unpaired) electrons. The number of carbonyl (C=O) groups excluding carboxylic acids is 2. The van der Waals surface area contributed by atoms with E-state index in [0.29, 0.717) is 19.3 Å². The molecule has 0 aromatic rings. The van der Waals surface area contributed by atoms with E-state index >= 15 is 0 Å². The van der Waals surface area contributed by atoms with E-state index in [4.69, 9.17) is 4.74 Å². The number of ether oxygens (including phenoxy) is 1. The van der Waals surface area contributed by atoms with Crippen molar-refractivity contribution in [3.63, 3.8) is 0 Å². The first-order valence-corrected chi connectivity index (χ1v) is 29.9. The predicted molar refractivity (Wildman–Crippen MR) is 296 cm³/mol. The van der Waals surface area contributed by atoms with Crippen LogP contribution >= 0.6 is 0 Å². The van der Waals surface area contributed by atoms with E-state index in [0.717, 1.165) is 77.0 Å². The van der Waals surface area contributed by atoms with Crippen LogP contribution in [0.3, 0.4) is 0 Å². The van der Waals surface area contributed by atoms with Gasteiger partial charge in [0.1, 0.15) is 6.10 Å². The van der Waals surface area contributed by atoms with E-state index in [9.17, 15) is 19.8 Å². The van der Waals surface area contributed by atoms with Crippen molar-refractivity contribution in [2.24, 2.45) is 0 Å². The lowest BCUT2D eigenvalue weighted by molar-refractivity contribution is -0.151. The average molecular weight is 955 g/mol. The molecule has 0 rings (SSSR count). The summed E-state index contributed by atoms with van der Waals surface area (Å²) in [5.74, 6) is -0.473. The molecule has 6 nitrogen and oxygen atoms in total. The van der Waals surface area contributed by atoms with Gasteiger partial charge in [-0.05, 0) is 89.9 Å². The van der Waals surface area contributed by atoms with Gasteiger partial charge in [-0.15, -0.1) is 0 Å². The van der Waals surface area contributed by atoms with Gasteiger partial charge >= 0.3 is 5.97 Å². The van der Waals surface area contributed by atoms with Gasteiger partial charge in [0.2, 0.25) is 5.91 Å². The first-order valence-electron chi connectivity index (χ1n) is 29.9. The first kappa shape index (κ1) is 65.8. The molecule has 0 heterocycles. The van der Waals surface area contributed by atoms with Gasteiger partial charge in [-0.25, -0.2) is 0 Å². The largest absolute Gasteiger partial charge is 0.462 e. The van der Waals surface area contributed by atoms with Crippen LogP contribution in [0.5, 0.6) is 0 Å². The molecule has 0 aromatic heterocycles. The Hall–Kier alpha value is -2.18. The number of hydrogen-bond donors (Lipinski definition) is 3. The molecule has 0 saturated carbocycles. The molecule has 398 valence electrons. The van der Waals surface area contributed by atoms with Crippen molar-refractivity contribution in [3.8, 4) is 0 Å². The molecule has 0 aromatic carbocycles. The summed E-state index contributed by atoms with van der Waals surface area (Å²) in [4.78, 5) is 26.3. The standard InChI is InChI=1S/C62H115NO5/c1-4-7-10-13-16-19-22-25-27-29-30-32-34-37-40-43-46-49-52-55-62(67)68-58(53-50-47-44-41-38-36-33-31-28-26-23-20-17-14-11-8-5-2)56-61(66)63-59(57-64)60(65)54-51-48-45-42-39-35-24-21-18-15-12-9-6-3/h16-17,19-20,25-28,58-60,64-65H,4-15,18,21-24,29-57H2,1-3H3,(H,63,66)/b19-16-,20-17-,27-25-,28-26-. The van der Waals surface area contributed by atoms with Gasteiger partial charge in [-0.3, -0.25) is 9.59 Å². The molecule has 6 heteroatoms. The molecule has 68 heavy (non-hydrogen) atoms. The summed E-state index contributed by atoms with van der Waals surface area (Å²) in [5.41, 5.74) is 0. The van der Waals surface area contributed by atoms with Crippen molar-refractivity contribution in [2.45, 2.75) is 328 Å². The predicted octanol–water partition coefficient (Wildman–Crippen LogP) is 18.6. The summed E-state index contributed by atoms with van der Waals surface area (Å²) in [6, 6.07) is -0.705. The zero-order valence-corrected chi connectivity index (χ0v) is 45.5. The van der Waals surface area contributed by atoms with E-state index in [2.05, 4.69) is 74.7 Å². The Morgan fingerprint density at radius 1 is 0.426 bits per heavy atom. The minimum absolute atomic E-state index is 0.0721. The van der Waals surface area contributed by atoms with Crippen molar-refractivity contribution in [1.29, 1.82) is 0 Å². The summed E-state index contributed by atoms with van der Waals surface area (Å²) in [5, 5.41) is 23.9. The Labute approximate surface area is 423 Å². The highest BCUT2D eigenvalue weighted by molar-refractivity contribution is 5.77. The second kappa shape index (κ2) is 55.7. The number of rotatable bonds is 54.